The van der Waals surface area contributed by atoms with E-state index >= 15 is 0 Å². The number of hydrogen-bond acceptors (Lipinski definition) is 4. The van der Waals surface area contributed by atoms with Gasteiger partial charge in [0.1, 0.15) is 0 Å². The number of fused-ring (bicyclic) bond motifs is 1. The van der Waals surface area contributed by atoms with Gasteiger partial charge in [-0.05, 0) is 42.5 Å². The molecule has 6 nitrogen and oxygen atoms in total. The average molecular weight is 300 g/mol. The molecule has 0 fully saturated rings. The second-order valence-corrected chi connectivity index (χ2v) is 4.84. The quantitative estimate of drug-likeness (QED) is 0.552. The molecule has 0 radical (unpaired) electrons. The maximum absolute atomic E-state index is 8.94. The summed E-state index contributed by atoms with van der Waals surface area (Å²) in [6.45, 7) is 6.92. The molecule has 0 bridgehead atoms. The summed E-state index contributed by atoms with van der Waals surface area (Å²) in [7, 11) is 0. The van der Waals surface area contributed by atoms with Crippen molar-refractivity contribution in [1.82, 2.24) is 9.97 Å². The van der Waals surface area contributed by atoms with Crippen LogP contribution in [-0.4, -0.2) is 9.97 Å². The molecule has 4 rings (SSSR count). The molecule has 3 aromatic heterocycles. The number of nitrogens with one attached hydrogen (secondary N) is 1. The van der Waals surface area contributed by atoms with Crippen molar-refractivity contribution in [3.63, 3.8) is 0 Å². The van der Waals surface area contributed by atoms with E-state index in [1.54, 1.807) is 42.5 Å². The summed E-state index contributed by atoms with van der Waals surface area (Å²) < 4.78 is 11.1. The molecule has 108 valence electrons. The van der Waals surface area contributed by atoms with Gasteiger partial charge < -0.3 is 13.8 Å². The van der Waals surface area contributed by atoms with Crippen molar-refractivity contribution in [2.45, 2.75) is 0 Å². The van der Waals surface area contributed by atoms with Gasteiger partial charge in [0.15, 0.2) is 23.1 Å². The molecule has 0 amide bonds. The Balaban J connectivity index is 1.74. The lowest BCUT2D eigenvalue weighted by Gasteiger charge is -1.91. The molecule has 0 saturated carbocycles. The Morgan fingerprint density at radius 2 is 1.83 bits per heavy atom. The van der Waals surface area contributed by atoms with Crippen LogP contribution in [0, 0.1) is 17.9 Å². The van der Waals surface area contributed by atoms with Crippen LogP contribution in [0.2, 0.25) is 0 Å². The number of rotatable bonds is 2. The monoisotopic (exact) mass is 300 g/mol. The molecule has 0 saturated heterocycles. The zero-order valence-corrected chi connectivity index (χ0v) is 11.7. The predicted octanol–water partition coefficient (Wildman–Crippen LogP) is 4.51. The SMILES string of the molecule is [C-]#[N+]c1ccc(-c2ccc(-c3nc4ccc(C#N)cc4[nH]3)o2)o1. The lowest BCUT2D eigenvalue weighted by atomic mass is 10.2. The summed E-state index contributed by atoms with van der Waals surface area (Å²) in [5.74, 6) is 2.35. The molecule has 1 N–H and O–H groups in total. The van der Waals surface area contributed by atoms with Crippen LogP contribution >= 0.6 is 0 Å². The van der Waals surface area contributed by atoms with Gasteiger partial charge in [0.05, 0.1) is 29.2 Å². The smallest absolute Gasteiger partial charge is 0.346 e. The van der Waals surface area contributed by atoms with Gasteiger partial charge in [-0.1, -0.05) is 0 Å². The van der Waals surface area contributed by atoms with E-state index in [1.165, 1.54) is 0 Å². The van der Waals surface area contributed by atoms with Gasteiger partial charge in [-0.25, -0.2) is 4.98 Å². The lowest BCUT2D eigenvalue weighted by Crippen LogP contribution is -1.75. The molecule has 6 heteroatoms. The first kappa shape index (κ1) is 12.9. The highest BCUT2D eigenvalue weighted by Gasteiger charge is 2.13. The van der Waals surface area contributed by atoms with Gasteiger partial charge >= 0.3 is 5.88 Å². The predicted molar refractivity (Wildman–Crippen MR) is 82.5 cm³/mol. The van der Waals surface area contributed by atoms with Crippen LogP contribution in [0.15, 0.2) is 51.3 Å². The Morgan fingerprint density at radius 1 is 1.04 bits per heavy atom. The van der Waals surface area contributed by atoms with E-state index in [-0.39, 0.29) is 5.88 Å². The number of hydrogen-bond donors (Lipinski definition) is 1. The molecular formula is C17H8N4O2. The zero-order valence-electron chi connectivity index (χ0n) is 11.7. The number of furan rings is 2. The standard InChI is InChI=1S/C17H8N4O2/c1-19-16-7-6-14(23-16)13-4-5-15(22-13)17-20-11-3-2-10(9-18)8-12(11)21-17/h2-8H,(H,20,21). The van der Waals surface area contributed by atoms with Crippen molar-refractivity contribution in [3.8, 4) is 29.2 Å². The first-order valence-corrected chi connectivity index (χ1v) is 6.74. The fourth-order valence-electron chi connectivity index (χ4n) is 2.31. The second-order valence-electron chi connectivity index (χ2n) is 4.84. The maximum atomic E-state index is 8.94. The normalized spacial score (nSPS) is 10.5. The third-order valence-electron chi connectivity index (χ3n) is 3.40. The highest BCUT2D eigenvalue weighted by molar-refractivity contribution is 5.80. The fraction of sp³-hybridized carbons (Fsp3) is 0. The van der Waals surface area contributed by atoms with Crippen LogP contribution in [0.5, 0.6) is 0 Å². The number of aromatic nitrogens is 2. The molecule has 4 aromatic rings. The minimum atomic E-state index is 0.214. The van der Waals surface area contributed by atoms with Crippen molar-refractivity contribution in [1.29, 1.82) is 5.26 Å². The number of nitriles is 1. The zero-order chi connectivity index (χ0) is 15.8. The Hall–Kier alpha value is -3.77. The largest absolute Gasteiger partial charge is 0.477 e. The Labute approximate surface area is 130 Å². The van der Waals surface area contributed by atoms with Crippen LogP contribution in [0.4, 0.5) is 5.88 Å². The second kappa shape index (κ2) is 4.90. The third kappa shape index (κ3) is 2.15. The number of nitrogens with zero attached hydrogens (tertiary/aromatic N) is 3. The molecular weight excluding hydrogens is 292 g/mol. The van der Waals surface area contributed by atoms with E-state index in [0.717, 1.165) is 11.0 Å². The van der Waals surface area contributed by atoms with E-state index in [0.29, 0.717) is 28.7 Å². The van der Waals surface area contributed by atoms with Crippen LogP contribution in [-0.2, 0) is 0 Å². The number of imidazole rings is 1. The highest BCUT2D eigenvalue weighted by Crippen LogP contribution is 2.31. The molecule has 1 aromatic carbocycles. The minimum Gasteiger partial charge on any atom is -0.477 e. The molecule has 0 spiro atoms. The highest BCUT2D eigenvalue weighted by atomic mass is 16.4. The Kier molecular flexibility index (Phi) is 2.76. The average Bonchev–Trinajstić information content (AvgIpc) is 3.30. The molecule has 23 heavy (non-hydrogen) atoms. The molecule has 0 aliphatic heterocycles. The summed E-state index contributed by atoms with van der Waals surface area (Å²) >= 11 is 0. The first-order valence-electron chi connectivity index (χ1n) is 6.74. The van der Waals surface area contributed by atoms with Gasteiger partial charge in [-0.15, -0.1) is 0 Å². The summed E-state index contributed by atoms with van der Waals surface area (Å²) in [5.41, 5.74) is 2.09. The summed E-state index contributed by atoms with van der Waals surface area (Å²) in [5, 5.41) is 8.94. The van der Waals surface area contributed by atoms with Crippen molar-refractivity contribution in [2.24, 2.45) is 0 Å². The fourth-order valence-corrected chi connectivity index (χ4v) is 2.31. The van der Waals surface area contributed by atoms with Crippen molar-refractivity contribution in [2.75, 3.05) is 0 Å². The van der Waals surface area contributed by atoms with Crippen molar-refractivity contribution < 1.29 is 8.83 Å². The molecule has 0 unspecified atom stereocenters. The van der Waals surface area contributed by atoms with E-state index < -0.39 is 0 Å². The van der Waals surface area contributed by atoms with Gasteiger partial charge in [-0.3, -0.25) is 0 Å². The summed E-state index contributed by atoms with van der Waals surface area (Å²) in [6.07, 6.45) is 0. The summed E-state index contributed by atoms with van der Waals surface area (Å²) in [4.78, 5) is 10.8. The lowest BCUT2D eigenvalue weighted by molar-refractivity contribution is 0.541. The van der Waals surface area contributed by atoms with Crippen LogP contribution in [0.3, 0.4) is 0 Å². The topological polar surface area (TPSA) is 83.1 Å². The molecule has 0 atom stereocenters. The number of H-pyrrole nitrogens is 1. The van der Waals surface area contributed by atoms with Gasteiger partial charge in [-0.2, -0.15) is 10.1 Å². The third-order valence-corrected chi connectivity index (χ3v) is 3.40. The Morgan fingerprint density at radius 3 is 2.61 bits per heavy atom. The first-order chi connectivity index (χ1) is 11.3. The molecule has 0 aliphatic carbocycles. The van der Waals surface area contributed by atoms with Gasteiger partial charge in [0, 0.05) is 0 Å². The van der Waals surface area contributed by atoms with Crippen LogP contribution < -0.4 is 0 Å². The molecule has 3 heterocycles. The van der Waals surface area contributed by atoms with E-state index in [4.69, 9.17) is 20.7 Å². The Bertz CT molecular complexity index is 1100. The van der Waals surface area contributed by atoms with Crippen LogP contribution in [0.1, 0.15) is 5.56 Å². The maximum Gasteiger partial charge on any atom is 0.346 e. The van der Waals surface area contributed by atoms with Crippen molar-refractivity contribution >= 4 is 16.9 Å². The number of aromatic amines is 1. The van der Waals surface area contributed by atoms with Gasteiger partial charge in [0.2, 0.25) is 0 Å². The molecule has 0 aliphatic rings. The van der Waals surface area contributed by atoms with Crippen molar-refractivity contribution in [3.05, 3.63) is 59.4 Å². The van der Waals surface area contributed by atoms with E-state index in [2.05, 4.69) is 20.9 Å². The van der Waals surface area contributed by atoms with E-state index in [9.17, 15) is 0 Å². The minimum absolute atomic E-state index is 0.214. The summed E-state index contributed by atoms with van der Waals surface area (Å²) in [6, 6.07) is 14.2. The van der Waals surface area contributed by atoms with E-state index in [1.807, 2.05) is 0 Å². The number of benzene rings is 1. The van der Waals surface area contributed by atoms with Crippen LogP contribution in [0.25, 0.3) is 39.0 Å². The van der Waals surface area contributed by atoms with Gasteiger partial charge in [0.25, 0.3) is 0 Å².